The zero-order chi connectivity index (χ0) is 16.9. The number of rotatable bonds is 6. The second-order valence-corrected chi connectivity index (χ2v) is 6.41. The Hall–Kier alpha value is -1.85. The number of hydrogen-bond donors (Lipinski definition) is 1. The van der Waals surface area contributed by atoms with Gasteiger partial charge in [0, 0.05) is 50.2 Å². The van der Waals surface area contributed by atoms with Gasteiger partial charge in [-0.3, -0.25) is 4.79 Å². The summed E-state index contributed by atoms with van der Waals surface area (Å²) < 4.78 is 7.23. The van der Waals surface area contributed by atoms with Gasteiger partial charge in [0.05, 0.1) is 6.61 Å². The number of carbonyl (C=O) groups is 1. The Kier molecular flexibility index (Phi) is 5.53. The quantitative estimate of drug-likeness (QED) is 0.886. The monoisotopic (exact) mass is 329 g/mol. The molecule has 1 aliphatic heterocycles. The first-order valence-corrected chi connectivity index (χ1v) is 8.83. The van der Waals surface area contributed by atoms with E-state index in [1.165, 1.54) is 0 Å². The van der Waals surface area contributed by atoms with Gasteiger partial charge < -0.3 is 19.5 Å². The lowest BCUT2D eigenvalue weighted by Crippen LogP contribution is -2.45. The Balaban J connectivity index is 1.64. The largest absolute Gasteiger partial charge is 0.383 e. The topological polar surface area (TPSA) is 46.5 Å². The van der Waals surface area contributed by atoms with Crippen LogP contribution in [0.2, 0.25) is 0 Å². The molecule has 1 aromatic carbocycles. The molecule has 1 fully saturated rings. The molecule has 2 heterocycles. The number of methoxy groups -OCH3 is 1. The van der Waals surface area contributed by atoms with Crippen LogP contribution in [0.25, 0.3) is 10.9 Å². The van der Waals surface area contributed by atoms with E-state index in [1.54, 1.807) is 7.11 Å². The number of likely N-dealkylation sites (tertiary alicyclic amines) is 1. The van der Waals surface area contributed by atoms with Crippen LogP contribution in [0, 0.1) is 0 Å². The molecule has 0 aliphatic carbocycles. The molecule has 5 heteroatoms. The fourth-order valence-electron chi connectivity index (χ4n) is 3.52. The highest BCUT2D eigenvalue weighted by atomic mass is 16.5. The summed E-state index contributed by atoms with van der Waals surface area (Å²) in [6.45, 7) is 6.66. The summed E-state index contributed by atoms with van der Waals surface area (Å²) in [5.74, 6) is 0.0448. The molecule has 0 bridgehead atoms. The number of amides is 1. The molecule has 0 unspecified atom stereocenters. The van der Waals surface area contributed by atoms with E-state index in [2.05, 4.69) is 33.8 Å². The van der Waals surface area contributed by atoms with Gasteiger partial charge in [0.25, 0.3) is 5.91 Å². The highest BCUT2D eigenvalue weighted by Crippen LogP contribution is 2.20. The first kappa shape index (κ1) is 17.0. The van der Waals surface area contributed by atoms with Crippen LogP contribution in [-0.2, 0) is 11.3 Å². The molecule has 3 rings (SSSR count). The molecule has 0 saturated carbocycles. The number of carbonyl (C=O) groups excluding carboxylic acids is 1. The number of piperidine rings is 1. The maximum absolute atomic E-state index is 12.8. The molecular formula is C19H27N3O2. The number of ether oxygens (including phenoxy) is 1. The smallest absolute Gasteiger partial charge is 0.268 e. The molecule has 24 heavy (non-hydrogen) atoms. The lowest BCUT2D eigenvalue weighted by molar-refractivity contribution is 0.0884. The van der Waals surface area contributed by atoms with Gasteiger partial charge in [-0.15, -0.1) is 0 Å². The van der Waals surface area contributed by atoms with Gasteiger partial charge in [-0.25, -0.2) is 0 Å². The van der Waals surface area contributed by atoms with E-state index in [0.717, 1.165) is 62.2 Å². The van der Waals surface area contributed by atoms with Gasteiger partial charge in [-0.1, -0.05) is 18.2 Å². The van der Waals surface area contributed by atoms with Crippen LogP contribution in [0.3, 0.4) is 0 Å². The molecule has 0 spiro atoms. The number of benzene rings is 1. The molecule has 1 amide bonds. The number of fused-ring (bicyclic) bond motifs is 1. The predicted molar refractivity (Wildman–Crippen MR) is 96.4 cm³/mol. The minimum atomic E-state index is 0.0448. The van der Waals surface area contributed by atoms with Crippen molar-refractivity contribution in [2.75, 3.05) is 33.4 Å². The van der Waals surface area contributed by atoms with Gasteiger partial charge >= 0.3 is 0 Å². The number of nitrogens with one attached hydrogen (secondary N) is 1. The van der Waals surface area contributed by atoms with Gasteiger partial charge in [0.1, 0.15) is 5.69 Å². The number of para-hydroxylation sites is 1. The van der Waals surface area contributed by atoms with Crippen molar-refractivity contribution in [2.45, 2.75) is 32.4 Å². The fraction of sp³-hybridized carbons (Fsp3) is 0.526. The second kappa shape index (κ2) is 7.81. The summed E-state index contributed by atoms with van der Waals surface area (Å²) in [4.78, 5) is 15.1. The van der Waals surface area contributed by atoms with Crippen LogP contribution >= 0.6 is 0 Å². The van der Waals surface area contributed by atoms with Gasteiger partial charge in [-0.05, 0) is 31.9 Å². The van der Waals surface area contributed by atoms with Crippen molar-refractivity contribution in [1.82, 2.24) is 14.8 Å². The van der Waals surface area contributed by atoms with Crippen molar-refractivity contribution >= 4 is 16.8 Å². The van der Waals surface area contributed by atoms with Crippen LogP contribution in [0.4, 0.5) is 0 Å². The lowest BCUT2D eigenvalue weighted by atomic mass is 10.0. The SMILES string of the molecule is CCn1c(C(=O)NC2CCN(CCOC)CC2)cc2ccccc21. The van der Waals surface area contributed by atoms with Crippen LogP contribution in [-0.4, -0.2) is 54.8 Å². The summed E-state index contributed by atoms with van der Waals surface area (Å²) >= 11 is 0. The molecule has 1 N–H and O–H groups in total. The molecule has 0 radical (unpaired) electrons. The van der Waals surface area contributed by atoms with Crippen LogP contribution in [0.15, 0.2) is 30.3 Å². The maximum atomic E-state index is 12.8. The molecule has 1 saturated heterocycles. The molecule has 0 atom stereocenters. The van der Waals surface area contributed by atoms with E-state index < -0.39 is 0 Å². The summed E-state index contributed by atoms with van der Waals surface area (Å²) in [6, 6.07) is 10.4. The molecule has 1 aromatic heterocycles. The third-order valence-corrected chi connectivity index (χ3v) is 4.89. The van der Waals surface area contributed by atoms with E-state index in [4.69, 9.17) is 4.74 Å². The fourth-order valence-corrected chi connectivity index (χ4v) is 3.52. The molecular weight excluding hydrogens is 302 g/mol. The van der Waals surface area contributed by atoms with Gasteiger partial charge in [0.15, 0.2) is 0 Å². The number of aromatic nitrogens is 1. The lowest BCUT2D eigenvalue weighted by Gasteiger charge is -2.32. The molecule has 130 valence electrons. The summed E-state index contributed by atoms with van der Waals surface area (Å²) in [7, 11) is 1.74. The van der Waals surface area contributed by atoms with Gasteiger partial charge in [-0.2, -0.15) is 0 Å². The third kappa shape index (κ3) is 3.62. The van der Waals surface area contributed by atoms with Crippen molar-refractivity contribution < 1.29 is 9.53 Å². The highest BCUT2D eigenvalue weighted by molar-refractivity contribution is 5.98. The normalized spacial score (nSPS) is 16.6. The average molecular weight is 329 g/mol. The second-order valence-electron chi connectivity index (χ2n) is 6.41. The first-order chi connectivity index (χ1) is 11.7. The van der Waals surface area contributed by atoms with Crippen molar-refractivity contribution in [2.24, 2.45) is 0 Å². The van der Waals surface area contributed by atoms with Crippen molar-refractivity contribution in [3.05, 3.63) is 36.0 Å². The average Bonchev–Trinajstić information content (AvgIpc) is 3.00. The summed E-state index contributed by atoms with van der Waals surface area (Å²) in [5, 5.41) is 4.35. The zero-order valence-electron chi connectivity index (χ0n) is 14.6. The maximum Gasteiger partial charge on any atom is 0.268 e. The highest BCUT2D eigenvalue weighted by Gasteiger charge is 2.22. The van der Waals surface area contributed by atoms with E-state index >= 15 is 0 Å². The standard InChI is InChI=1S/C19H27N3O2/c1-3-22-17-7-5-4-6-15(17)14-18(22)19(23)20-16-8-10-21(11-9-16)12-13-24-2/h4-7,14,16H,3,8-13H2,1-2H3,(H,20,23). The summed E-state index contributed by atoms with van der Waals surface area (Å²) in [5.41, 5.74) is 1.89. The van der Waals surface area contributed by atoms with E-state index in [1.807, 2.05) is 18.2 Å². The third-order valence-electron chi connectivity index (χ3n) is 4.89. The Bertz CT molecular complexity index is 687. The first-order valence-electron chi connectivity index (χ1n) is 8.83. The number of hydrogen-bond acceptors (Lipinski definition) is 3. The molecule has 5 nitrogen and oxygen atoms in total. The minimum Gasteiger partial charge on any atom is -0.383 e. The van der Waals surface area contributed by atoms with Crippen molar-refractivity contribution in [1.29, 1.82) is 0 Å². The van der Waals surface area contributed by atoms with Crippen molar-refractivity contribution in [3.63, 3.8) is 0 Å². The van der Waals surface area contributed by atoms with Crippen LogP contribution < -0.4 is 5.32 Å². The summed E-state index contributed by atoms with van der Waals surface area (Å²) in [6.07, 6.45) is 2.00. The predicted octanol–water partition coefficient (Wildman–Crippen LogP) is 2.50. The van der Waals surface area contributed by atoms with E-state index in [0.29, 0.717) is 0 Å². The Morgan fingerprint density at radius 1 is 1.29 bits per heavy atom. The molecule has 2 aromatic rings. The van der Waals surface area contributed by atoms with E-state index in [9.17, 15) is 4.79 Å². The Morgan fingerprint density at radius 2 is 2.04 bits per heavy atom. The number of nitrogens with zero attached hydrogens (tertiary/aromatic N) is 2. The van der Waals surface area contributed by atoms with Gasteiger partial charge in [0.2, 0.25) is 0 Å². The van der Waals surface area contributed by atoms with Crippen LogP contribution in [0.5, 0.6) is 0 Å². The Labute approximate surface area is 143 Å². The molecule has 1 aliphatic rings. The Morgan fingerprint density at radius 3 is 2.75 bits per heavy atom. The number of aryl methyl sites for hydroxylation is 1. The zero-order valence-corrected chi connectivity index (χ0v) is 14.6. The van der Waals surface area contributed by atoms with E-state index in [-0.39, 0.29) is 11.9 Å². The van der Waals surface area contributed by atoms with Crippen molar-refractivity contribution in [3.8, 4) is 0 Å². The minimum absolute atomic E-state index is 0.0448. The van der Waals surface area contributed by atoms with Crippen LogP contribution in [0.1, 0.15) is 30.3 Å².